The molecule has 1 fully saturated rings. The molecule has 0 aromatic carbocycles. The van der Waals surface area contributed by atoms with E-state index in [1.165, 1.54) is 25.9 Å². The predicted octanol–water partition coefficient (Wildman–Crippen LogP) is 1.01. The molecule has 0 N–H and O–H groups in total. The first-order valence-electron chi connectivity index (χ1n) is 5.44. The molecule has 0 atom stereocenters. The number of likely N-dealkylation sites (tertiary alicyclic amines) is 1. The van der Waals surface area contributed by atoms with Crippen molar-refractivity contribution in [2.45, 2.75) is 18.9 Å². The fourth-order valence-corrected chi connectivity index (χ4v) is 2.07. The van der Waals surface area contributed by atoms with Gasteiger partial charge in [-0.25, -0.2) is 9.97 Å². The fraction of sp³-hybridized carbons (Fsp3) is 0.636. The van der Waals surface area contributed by atoms with Crippen molar-refractivity contribution < 1.29 is 0 Å². The summed E-state index contributed by atoms with van der Waals surface area (Å²) in [5.41, 5.74) is 1.12. The molecule has 82 valence electrons. The molecule has 0 saturated carbocycles. The van der Waals surface area contributed by atoms with E-state index in [9.17, 15) is 0 Å². The minimum Gasteiger partial charge on any atom is -0.369 e. The second-order valence-corrected chi connectivity index (χ2v) is 4.24. The maximum absolute atomic E-state index is 4.05. The van der Waals surface area contributed by atoms with Crippen molar-refractivity contribution in [3.8, 4) is 0 Å². The second kappa shape index (κ2) is 4.57. The van der Waals surface area contributed by atoms with Crippen molar-refractivity contribution in [3.63, 3.8) is 0 Å². The average Bonchev–Trinajstić information content (AvgIpc) is 2.30. The molecule has 0 bridgehead atoms. The fourth-order valence-electron chi connectivity index (χ4n) is 2.07. The van der Waals surface area contributed by atoms with Gasteiger partial charge in [-0.05, 0) is 33.0 Å². The van der Waals surface area contributed by atoms with E-state index in [2.05, 4.69) is 33.9 Å². The summed E-state index contributed by atoms with van der Waals surface area (Å²) < 4.78 is 0. The highest BCUT2D eigenvalue weighted by atomic mass is 15.2. The molecule has 0 amide bonds. The van der Waals surface area contributed by atoms with Crippen LogP contribution in [-0.4, -0.2) is 48.1 Å². The SMILES string of the molecule is CN1CCC(N(C)c2cncnc2)CC1. The molecule has 1 aromatic heterocycles. The standard InChI is InChI=1S/C11H18N4/c1-14-5-3-10(4-6-14)15(2)11-7-12-9-13-8-11/h7-10H,3-6H2,1-2H3. The van der Waals surface area contributed by atoms with Crippen molar-refractivity contribution in [3.05, 3.63) is 18.7 Å². The predicted molar refractivity (Wildman–Crippen MR) is 61.0 cm³/mol. The van der Waals surface area contributed by atoms with Crippen LogP contribution in [0.2, 0.25) is 0 Å². The van der Waals surface area contributed by atoms with Crippen molar-refractivity contribution in [1.82, 2.24) is 14.9 Å². The minimum atomic E-state index is 0.632. The van der Waals surface area contributed by atoms with Crippen LogP contribution in [0.5, 0.6) is 0 Å². The minimum absolute atomic E-state index is 0.632. The Bertz CT molecular complexity index is 293. The number of rotatable bonds is 2. The van der Waals surface area contributed by atoms with Gasteiger partial charge in [-0.3, -0.25) is 0 Å². The summed E-state index contributed by atoms with van der Waals surface area (Å²) in [6.07, 6.45) is 7.78. The maximum atomic E-state index is 4.05. The van der Waals surface area contributed by atoms with Gasteiger partial charge in [0, 0.05) is 13.1 Å². The Morgan fingerprint density at radius 2 is 1.87 bits per heavy atom. The summed E-state index contributed by atoms with van der Waals surface area (Å²) in [6, 6.07) is 0.632. The zero-order valence-corrected chi connectivity index (χ0v) is 9.43. The number of hydrogen-bond acceptors (Lipinski definition) is 4. The Kier molecular flexibility index (Phi) is 3.16. The van der Waals surface area contributed by atoms with Crippen LogP contribution in [-0.2, 0) is 0 Å². The van der Waals surface area contributed by atoms with E-state index in [0.717, 1.165) is 5.69 Å². The summed E-state index contributed by atoms with van der Waals surface area (Å²) >= 11 is 0. The summed E-state index contributed by atoms with van der Waals surface area (Å²) in [7, 11) is 4.32. The van der Waals surface area contributed by atoms with Crippen molar-refractivity contribution >= 4 is 5.69 Å². The average molecular weight is 206 g/mol. The largest absolute Gasteiger partial charge is 0.369 e. The van der Waals surface area contributed by atoms with Gasteiger partial charge in [-0.15, -0.1) is 0 Å². The molecule has 1 aliphatic heterocycles. The molecule has 1 aliphatic rings. The lowest BCUT2D eigenvalue weighted by molar-refractivity contribution is 0.253. The van der Waals surface area contributed by atoms with Gasteiger partial charge in [0.25, 0.3) is 0 Å². The first kappa shape index (κ1) is 10.4. The van der Waals surface area contributed by atoms with E-state index < -0.39 is 0 Å². The molecule has 0 radical (unpaired) electrons. The normalized spacial score (nSPS) is 19.1. The van der Waals surface area contributed by atoms with Crippen LogP contribution in [0.25, 0.3) is 0 Å². The van der Waals surface area contributed by atoms with Gasteiger partial charge in [0.05, 0.1) is 18.1 Å². The highest BCUT2D eigenvalue weighted by Gasteiger charge is 2.20. The molecule has 4 nitrogen and oxygen atoms in total. The molecule has 0 aliphatic carbocycles. The van der Waals surface area contributed by atoms with Crippen molar-refractivity contribution in [2.24, 2.45) is 0 Å². The second-order valence-electron chi connectivity index (χ2n) is 4.24. The van der Waals surface area contributed by atoms with E-state index in [4.69, 9.17) is 0 Å². The van der Waals surface area contributed by atoms with Crippen LogP contribution < -0.4 is 4.90 Å². The Morgan fingerprint density at radius 1 is 1.27 bits per heavy atom. The number of hydrogen-bond donors (Lipinski definition) is 0. The molecule has 1 aromatic rings. The third kappa shape index (κ3) is 2.45. The van der Waals surface area contributed by atoms with E-state index in [1.807, 2.05) is 12.4 Å². The molecule has 0 unspecified atom stereocenters. The van der Waals surface area contributed by atoms with Crippen molar-refractivity contribution in [2.75, 3.05) is 32.1 Å². The van der Waals surface area contributed by atoms with Gasteiger partial charge in [0.15, 0.2) is 0 Å². The van der Waals surface area contributed by atoms with E-state index >= 15 is 0 Å². The monoisotopic (exact) mass is 206 g/mol. The van der Waals surface area contributed by atoms with Crippen LogP contribution in [0, 0.1) is 0 Å². The van der Waals surface area contributed by atoms with Gasteiger partial charge < -0.3 is 9.80 Å². The van der Waals surface area contributed by atoms with Crippen LogP contribution in [0.3, 0.4) is 0 Å². The zero-order valence-electron chi connectivity index (χ0n) is 9.43. The van der Waals surface area contributed by atoms with Crippen LogP contribution in [0.15, 0.2) is 18.7 Å². The van der Waals surface area contributed by atoms with Crippen molar-refractivity contribution in [1.29, 1.82) is 0 Å². The molecule has 15 heavy (non-hydrogen) atoms. The Hall–Kier alpha value is -1.16. The van der Waals surface area contributed by atoms with Gasteiger partial charge in [0.2, 0.25) is 0 Å². The van der Waals surface area contributed by atoms with Crippen LogP contribution in [0.1, 0.15) is 12.8 Å². The third-order valence-electron chi connectivity index (χ3n) is 3.19. The lowest BCUT2D eigenvalue weighted by Gasteiger charge is -2.35. The Labute approximate surface area is 90.9 Å². The van der Waals surface area contributed by atoms with Crippen LogP contribution >= 0.6 is 0 Å². The molecular weight excluding hydrogens is 188 g/mol. The van der Waals surface area contributed by atoms with Gasteiger partial charge in [0.1, 0.15) is 6.33 Å². The topological polar surface area (TPSA) is 32.3 Å². The maximum Gasteiger partial charge on any atom is 0.115 e. The lowest BCUT2D eigenvalue weighted by atomic mass is 10.0. The highest BCUT2D eigenvalue weighted by molar-refractivity contribution is 5.41. The highest BCUT2D eigenvalue weighted by Crippen LogP contribution is 2.19. The van der Waals surface area contributed by atoms with E-state index in [-0.39, 0.29) is 0 Å². The zero-order chi connectivity index (χ0) is 10.7. The summed E-state index contributed by atoms with van der Waals surface area (Å²) in [5, 5.41) is 0. The molecule has 2 rings (SSSR count). The molecule has 1 saturated heterocycles. The first-order valence-corrected chi connectivity index (χ1v) is 5.44. The summed E-state index contributed by atoms with van der Waals surface area (Å²) in [5.74, 6) is 0. The molecular formula is C11H18N4. The van der Waals surface area contributed by atoms with Crippen LogP contribution in [0.4, 0.5) is 5.69 Å². The number of aromatic nitrogens is 2. The van der Waals surface area contributed by atoms with E-state index in [1.54, 1.807) is 6.33 Å². The van der Waals surface area contributed by atoms with Gasteiger partial charge in [-0.1, -0.05) is 0 Å². The third-order valence-corrected chi connectivity index (χ3v) is 3.19. The molecule has 0 spiro atoms. The number of piperidine rings is 1. The molecule has 2 heterocycles. The smallest absolute Gasteiger partial charge is 0.115 e. The Morgan fingerprint density at radius 3 is 2.47 bits per heavy atom. The summed E-state index contributed by atoms with van der Waals surface area (Å²) in [4.78, 5) is 12.8. The van der Waals surface area contributed by atoms with Gasteiger partial charge in [-0.2, -0.15) is 0 Å². The number of anilines is 1. The lowest BCUT2D eigenvalue weighted by Crippen LogP contribution is -2.42. The molecule has 4 heteroatoms. The van der Waals surface area contributed by atoms with E-state index in [0.29, 0.717) is 6.04 Å². The van der Waals surface area contributed by atoms with Gasteiger partial charge >= 0.3 is 0 Å². The number of nitrogens with zero attached hydrogens (tertiary/aromatic N) is 4. The summed E-state index contributed by atoms with van der Waals surface area (Å²) in [6.45, 7) is 2.37. The Balaban J connectivity index is 1.99. The quantitative estimate of drug-likeness (QED) is 0.723. The first-order chi connectivity index (χ1) is 7.27.